The molecule has 1 rings (SSSR count). The number of aliphatic imine (C=N–C) groups is 1. The summed E-state index contributed by atoms with van der Waals surface area (Å²) in [4.78, 5) is 15.6. The van der Waals surface area contributed by atoms with Crippen LogP contribution in [0.1, 0.15) is 12.2 Å². The molecule has 0 aliphatic rings. The lowest BCUT2D eigenvalue weighted by Crippen LogP contribution is -2.43. The average Bonchev–Trinajstić information content (AvgIpc) is 2.97. The van der Waals surface area contributed by atoms with Gasteiger partial charge in [-0.15, -0.1) is 24.0 Å². The number of hydrogen-bond donors (Lipinski definition) is 3. The molecule has 0 aromatic carbocycles. The van der Waals surface area contributed by atoms with E-state index >= 15 is 0 Å². The minimum Gasteiger partial charge on any atom is -0.467 e. The zero-order chi connectivity index (χ0) is 14.6. The number of carbonyl (C=O) groups excluding carboxylic acids is 1. The van der Waals surface area contributed by atoms with E-state index in [1.54, 1.807) is 26.5 Å². The van der Waals surface area contributed by atoms with Gasteiger partial charge in [0.15, 0.2) is 5.96 Å². The minimum absolute atomic E-state index is 0. The van der Waals surface area contributed by atoms with E-state index < -0.39 is 0 Å². The molecular formula is C13H23IN4O3. The van der Waals surface area contributed by atoms with Crippen molar-refractivity contribution in [3.8, 4) is 0 Å². The molecule has 0 atom stereocenters. The Kier molecular flexibility index (Phi) is 11.7. The number of nitrogens with zero attached hydrogens (tertiary/aromatic N) is 1. The Morgan fingerprint density at radius 3 is 2.81 bits per heavy atom. The van der Waals surface area contributed by atoms with Gasteiger partial charge in [0.05, 0.1) is 19.4 Å². The monoisotopic (exact) mass is 410 g/mol. The Hall–Kier alpha value is -1.29. The summed E-state index contributed by atoms with van der Waals surface area (Å²) >= 11 is 0. The fourth-order valence-corrected chi connectivity index (χ4v) is 1.47. The highest BCUT2D eigenvalue weighted by Gasteiger charge is 2.04. The molecule has 0 saturated carbocycles. The van der Waals surface area contributed by atoms with Crippen molar-refractivity contribution in [3.63, 3.8) is 0 Å². The number of furan rings is 1. The fraction of sp³-hybridized carbons (Fsp3) is 0.538. The summed E-state index contributed by atoms with van der Waals surface area (Å²) < 4.78 is 10.1. The van der Waals surface area contributed by atoms with Gasteiger partial charge in [-0.2, -0.15) is 0 Å². The molecule has 0 radical (unpaired) electrons. The molecule has 8 heteroatoms. The number of halogens is 1. The van der Waals surface area contributed by atoms with Crippen LogP contribution in [0.2, 0.25) is 0 Å². The van der Waals surface area contributed by atoms with Crippen molar-refractivity contribution in [1.29, 1.82) is 0 Å². The third-order valence-corrected chi connectivity index (χ3v) is 2.50. The third-order valence-electron chi connectivity index (χ3n) is 2.50. The SMILES string of the molecule is CN=C(NCCCOC)NCC(=O)NCc1ccco1.I. The Morgan fingerprint density at radius 2 is 2.19 bits per heavy atom. The molecule has 0 bridgehead atoms. The van der Waals surface area contributed by atoms with Crippen molar-refractivity contribution in [1.82, 2.24) is 16.0 Å². The number of nitrogens with one attached hydrogen (secondary N) is 3. The maximum Gasteiger partial charge on any atom is 0.239 e. The van der Waals surface area contributed by atoms with Gasteiger partial charge in [-0.1, -0.05) is 0 Å². The van der Waals surface area contributed by atoms with Crippen molar-refractivity contribution < 1.29 is 13.9 Å². The number of methoxy groups -OCH3 is 1. The first-order valence-electron chi connectivity index (χ1n) is 6.48. The first kappa shape index (κ1) is 19.7. The van der Waals surface area contributed by atoms with Gasteiger partial charge in [0.1, 0.15) is 5.76 Å². The van der Waals surface area contributed by atoms with Crippen molar-refractivity contribution in [3.05, 3.63) is 24.2 Å². The number of hydrogen-bond acceptors (Lipinski definition) is 4. The van der Waals surface area contributed by atoms with Gasteiger partial charge in [-0.05, 0) is 18.6 Å². The maximum atomic E-state index is 11.6. The van der Waals surface area contributed by atoms with Crippen molar-refractivity contribution in [2.45, 2.75) is 13.0 Å². The summed E-state index contributed by atoms with van der Waals surface area (Å²) in [6.45, 7) is 1.97. The predicted molar refractivity (Wildman–Crippen MR) is 91.8 cm³/mol. The minimum atomic E-state index is -0.124. The zero-order valence-electron chi connectivity index (χ0n) is 12.3. The number of carbonyl (C=O) groups is 1. The van der Waals surface area contributed by atoms with Crippen LogP contribution in [0.5, 0.6) is 0 Å². The molecule has 0 saturated heterocycles. The second-order valence-corrected chi connectivity index (χ2v) is 4.05. The summed E-state index contributed by atoms with van der Waals surface area (Å²) in [5.74, 6) is 1.19. The topological polar surface area (TPSA) is 87.9 Å². The van der Waals surface area contributed by atoms with E-state index in [4.69, 9.17) is 9.15 Å². The molecule has 0 unspecified atom stereocenters. The molecule has 120 valence electrons. The Bertz CT molecular complexity index is 410. The normalized spacial score (nSPS) is 10.7. The molecule has 0 aliphatic carbocycles. The number of rotatable bonds is 8. The highest BCUT2D eigenvalue weighted by Crippen LogP contribution is 1.97. The Labute approximate surface area is 141 Å². The van der Waals surface area contributed by atoms with Crippen LogP contribution in [0, 0.1) is 0 Å². The van der Waals surface area contributed by atoms with Gasteiger partial charge in [0.25, 0.3) is 0 Å². The average molecular weight is 410 g/mol. The molecule has 1 aromatic heterocycles. The van der Waals surface area contributed by atoms with Crippen LogP contribution in [0.25, 0.3) is 0 Å². The smallest absolute Gasteiger partial charge is 0.239 e. The van der Waals surface area contributed by atoms with Gasteiger partial charge in [-0.3, -0.25) is 9.79 Å². The van der Waals surface area contributed by atoms with Gasteiger partial charge in [-0.25, -0.2) is 0 Å². The number of amides is 1. The van der Waals surface area contributed by atoms with Crippen LogP contribution in [0.15, 0.2) is 27.8 Å². The van der Waals surface area contributed by atoms with Crippen molar-refractivity contribution in [2.24, 2.45) is 4.99 Å². The molecule has 1 aromatic rings. The van der Waals surface area contributed by atoms with E-state index in [1.807, 2.05) is 6.07 Å². The first-order chi connectivity index (χ1) is 9.76. The van der Waals surface area contributed by atoms with E-state index in [9.17, 15) is 4.79 Å². The van der Waals surface area contributed by atoms with Crippen LogP contribution in [0.3, 0.4) is 0 Å². The molecule has 21 heavy (non-hydrogen) atoms. The molecule has 0 aliphatic heterocycles. The maximum absolute atomic E-state index is 11.6. The van der Waals surface area contributed by atoms with Gasteiger partial charge in [0.2, 0.25) is 5.91 Å². The lowest BCUT2D eigenvalue weighted by Gasteiger charge is -2.11. The van der Waals surface area contributed by atoms with E-state index in [0.29, 0.717) is 19.1 Å². The second kappa shape index (κ2) is 12.5. The largest absolute Gasteiger partial charge is 0.467 e. The summed E-state index contributed by atoms with van der Waals surface area (Å²) in [7, 11) is 3.32. The standard InChI is InChI=1S/C13H22N4O3.HI/c1-14-13(15-6-4-7-19-2)17-10-12(18)16-9-11-5-3-8-20-11;/h3,5,8H,4,6-7,9-10H2,1-2H3,(H,16,18)(H2,14,15,17);1H. The van der Waals surface area contributed by atoms with Gasteiger partial charge < -0.3 is 25.1 Å². The lowest BCUT2D eigenvalue weighted by molar-refractivity contribution is -0.120. The molecule has 1 amide bonds. The summed E-state index contributed by atoms with van der Waals surface area (Å²) in [5, 5.41) is 8.76. The predicted octanol–water partition coefficient (Wildman–Crippen LogP) is 0.715. The summed E-state index contributed by atoms with van der Waals surface area (Å²) in [6.07, 6.45) is 2.45. The van der Waals surface area contributed by atoms with Gasteiger partial charge >= 0.3 is 0 Å². The van der Waals surface area contributed by atoms with E-state index in [-0.39, 0.29) is 36.4 Å². The molecule has 3 N–H and O–H groups in total. The summed E-state index contributed by atoms with van der Waals surface area (Å²) in [6, 6.07) is 3.59. The highest BCUT2D eigenvalue weighted by atomic mass is 127. The fourth-order valence-electron chi connectivity index (χ4n) is 1.47. The van der Waals surface area contributed by atoms with Crippen LogP contribution in [-0.4, -0.2) is 45.7 Å². The van der Waals surface area contributed by atoms with Crippen molar-refractivity contribution >= 4 is 35.8 Å². The quantitative estimate of drug-likeness (QED) is 0.255. The molecular weight excluding hydrogens is 387 g/mol. The van der Waals surface area contributed by atoms with E-state index in [0.717, 1.165) is 18.7 Å². The molecule has 7 nitrogen and oxygen atoms in total. The molecule has 0 spiro atoms. The molecule has 1 heterocycles. The van der Waals surface area contributed by atoms with Crippen LogP contribution < -0.4 is 16.0 Å². The second-order valence-electron chi connectivity index (χ2n) is 4.05. The number of ether oxygens (including phenoxy) is 1. The van der Waals surface area contributed by atoms with Crippen LogP contribution in [-0.2, 0) is 16.1 Å². The zero-order valence-corrected chi connectivity index (χ0v) is 14.7. The Balaban J connectivity index is 0.00000400. The molecule has 0 fully saturated rings. The first-order valence-corrected chi connectivity index (χ1v) is 6.48. The third kappa shape index (κ3) is 9.29. The summed E-state index contributed by atoms with van der Waals surface area (Å²) in [5.41, 5.74) is 0. The van der Waals surface area contributed by atoms with Gasteiger partial charge in [0, 0.05) is 27.3 Å². The highest BCUT2D eigenvalue weighted by molar-refractivity contribution is 14.0. The number of guanidine groups is 1. The van der Waals surface area contributed by atoms with E-state index in [1.165, 1.54) is 0 Å². The van der Waals surface area contributed by atoms with Crippen LogP contribution >= 0.6 is 24.0 Å². The van der Waals surface area contributed by atoms with Crippen LogP contribution in [0.4, 0.5) is 0 Å². The van der Waals surface area contributed by atoms with Crippen molar-refractivity contribution in [2.75, 3.05) is 33.9 Å². The lowest BCUT2D eigenvalue weighted by atomic mass is 10.4. The Morgan fingerprint density at radius 1 is 1.38 bits per heavy atom. The van der Waals surface area contributed by atoms with E-state index in [2.05, 4.69) is 20.9 Å².